The molecule has 0 amide bonds. The highest BCUT2D eigenvalue weighted by Crippen LogP contribution is 2.28. The van der Waals surface area contributed by atoms with E-state index in [9.17, 15) is 4.79 Å². The highest BCUT2D eigenvalue weighted by atomic mass is 16.5. The predicted octanol–water partition coefficient (Wildman–Crippen LogP) is 5.57. The lowest BCUT2D eigenvalue weighted by atomic mass is 10.0. The molecular weight excluding hydrogens is 338 g/mol. The number of pyridine rings is 1. The van der Waals surface area contributed by atoms with Gasteiger partial charge < -0.3 is 9.47 Å². The van der Waals surface area contributed by atoms with Crippen molar-refractivity contribution < 1.29 is 14.3 Å². The molecule has 140 valence electrons. The standard InChI is InChI=1S/C23H25NO3/c1-4-5-6-14-27-23(25)20-15-21(17-10-12-18(26-3)13-11-17)24-22-16(2)8-7-9-19(20)22/h7-13,15H,4-6,14H2,1-3H3. The van der Waals surface area contributed by atoms with E-state index >= 15 is 0 Å². The number of carbonyl (C=O) groups is 1. The van der Waals surface area contributed by atoms with Gasteiger partial charge >= 0.3 is 5.97 Å². The summed E-state index contributed by atoms with van der Waals surface area (Å²) in [4.78, 5) is 17.6. The van der Waals surface area contributed by atoms with Crippen molar-refractivity contribution >= 4 is 16.9 Å². The molecule has 1 aromatic heterocycles. The molecule has 3 aromatic rings. The molecule has 0 spiro atoms. The Morgan fingerprint density at radius 1 is 1.07 bits per heavy atom. The summed E-state index contributed by atoms with van der Waals surface area (Å²) in [6.07, 6.45) is 3.03. The molecule has 0 aliphatic carbocycles. The highest BCUT2D eigenvalue weighted by molar-refractivity contribution is 6.05. The van der Waals surface area contributed by atoms with Crippen molar-refractivity contribution in [3.63, 3.8) is 0 Å². The molecule has 0 fully saturated rings. The first-order chi connectivity index (χ1) is 13.1. The molecule has 2 aromatic carbocycles. The minimum atomic E-state index is -0.293. The van der Waals surface area contributed by atoms with E-state index in [2.05, 4.69) is 6.92 Å². The topological polar surface area (TPSA) is 48.4 Å². The molecule has 0 radical (unpaired) electrons. The fourth-order valence-electron chi connectivity index (χ4n) is 3.07. The maximum atomic E-state index is 12.7. The summed E-state index contributed by atoms with van der Waals surface area (Å²) < 4.78 is 10.7. The third kappa shape index (κ3) is 4.27. The largest absolute Gasteiger partial charge is 0.497 e. The van der Waals surface area contributed by atoms with Crippen LogP contribution in [-0.4, -0.2) is 24.7 Å². The van der Waals surface area contributed by atoms with E-state index in [1.165, 1.54) is 0 Å². The Bertz CT molecular complexity index is 932. The minimum Gasteiger partial charge on any atom is -0.497 e. The lowest BCUT2D eigenvalue weighted by molar-refractivity contribution is 0.0500. The lowest BCUT2D eigenvalue weighted by Crippen LogP contribution is -2.08. The molecule has 0 saturated heterocycles. The van der Waals surface area contributed by atoms with Gasteiger partial charge in [-0.25, -0.2) is 9.78 Å². The monoisotopic (exact) mass is 363 g/mol. The SMILES string of the molecule is CCCCCOC(=O)c1cc(-c2ccc(OC)cc2)nc2c(C)cccc12. The van der Waals surface area contributed by atoms with Gasteiger partial charge in [-0.2, -0.15) is 0 Å². The summed E-state index contributed by atoms with van der Waals surface area (Å²) in [5, 5.41) is 0.827. The van der Waals surface area contributed by atoms with Gasteiger partial charge in [-0.05, 0) is 49.2 Å². The van der Waals surface area contributed by atoms with Crippen LogP contribution in [0.3, 0.4) is 0 Å². The number of fused-ring (bicyclic) bond motifs is 1. The van der Waals surface area contributed by atoms with E-state index in [0.29, 0.717) is 12.2 Å². The number of ether oxygens (including phenoxy) is 2. The molecule has 3 rings (SSSR count). The van der Waals surface area contributed by atoms with Crippen LogP contribution in [0, 0.1) is 6.92 Å². The molecule has 0 unspecified atom stereocenters. The minimum absolute atomic E-state index is 0.293. The number of carbonyl (C=O) groups excluding carboxylic acids is 1. The van der Waals surface area contributed by atoms with Gasteiger partial charge in [0.1, 0.15) is 5.75 Å². The first-order valence-corrected chi connectivity index (χ1v) is 9.36. The number of aromatic nitrogens is 1. The maximum absolute atomic E-state index is 12.7. The van der Waals surface area contributed by atoms with Crippen LogP contribution in [0.5, 0.6) is 5.75 Å². The predicted molar refractivity (Wildman–Crippen MR) is 108 cm³/mol. The van der Waals surface area contributed by atoms with Crippen LogP contribution in [0.25, 0.3) is 22.2 Å². The van der Waals surface area contributed by atoms with Gasteiger partial charge in [-0.3, -0.25) is 0 Å². The molecule has 0 aliphatic rings. The molecular formula is C23H25NO3. The number of rotatable bonds is 7. The summed E-state index contributed by atoms with van der Waals surface area (Å²) in [6.45, 7) is 4.58. The number of hydrogen-bond donors (Lipinski definition) is 0. The quantitative estimate of drug-likeness (QED) is 0.407. The number of para-hydroxylation sites is 1. The van der Waals surface area contributed by atoms with E-state index in [1.54, 1.807) is 7.11 Å². The smallest absolute Gasteiger partial charge is 0.338 e. The zero-order chi connectivity index (χ0) is 19.2. The summed E-state index contributed by atoms with van der Waals surface area (Å²) in [5.41, 5.74) is 4.10. The van der Waals surface area contributed by atoms with Crippen molar-refractivity contribution in [2.75, 3.05) is 13.7 Å². The normalized spacial score (nSPS) is 10.8. The molecule has 0 aliphatic heterocycles. The Balaban J connectivity index is 2.02. The van der Waals surface area contributed by atoms with E-state index < -0.39 is 0 Å². The van der Waals surface area contributed by atoms with Gasteiger partial charge in [0.15, 0.2) is 0 Å². The van der Waals surface area contributed by atoms with Crippen LogP contribution in [-0.2, 0) is 4.74 Å². The van der Waals surface area contributed by atoms with Crippen molar-refractivity contribution in [2.45, 2.75) is 33.1 Å². The molecule has 0 bridgehead atoms. The Kier molecular flexibility index (Phi) is 6.07. The van der Waals surface area contributed by atoms with Gasteiger partial charge in [-0.15, -0.1) is 0 Å². The fraction of sp³-hybridized carbons (Fsp3) is 0.304. The second-order valence-corrected chi connectivity index (χ2v) is 6.60. The Morgan fingerprint density at radius 3 is 2.56 bits per heavy atom. The first kappa shape index (κ1) is 18.9. The van der Waals surface area contributed by atoms with Crippen molar-refractivity contribution in [3.8, 4) is 17.0 Å². The van der Waals surface area contributed by atoms with Crippen LogP contribution in [0.2, 0.25) is 0 Å². The number of benzene rings is 2. The van der Waals surface area contributed by atoms with Crippen LogP contribution >= 0.6 is 0 Å². The maximum Gasteiger partial charge on any atom is 0.338 e. The van der Waals surface area contributed by atoms with Gasteiger partial charge in [0.2, 0.25) is 0 Å². The Labute approximate surface area is 160 Å². The van der Waals surface area contributed by atoms with Gasteiger partial charge in [0, 0.05) is 10.9 Å². The number of hydrogen-bond acceptors (Lipinski definition) is 4. The van der Waals surface area contributed by atoms with Gasteiger partial charge in [0.25, 0.3) is 0 Å². The molecule has 4 heteroatoms. The Hall–Kier alpha value is -2.88. The van der Waals surface area contributed by atoms with Crippen molar-refractivity contribution in [1.29, 1.82) is 0 Å². The molecule has 0 atom stereocenters. The number of nitrogens with zero attached hydrogens (tertiary/aromatic N) is 1. The van der Waals surface area contributed by atoms with Crippen molar-refractivity contribution in [1.82, 2.24) is 4.98 Å². The average molecular weight is 363 g/mol. The number of methoxy groups -OCH3 is 1. The fourth-order valence-corrected chi connectivity index (χ4v) is 3.07. The first-order valence-electron chi connectivity index (χ1n) is 9.36. The second-order valence-electron chi connectivity index (χ2n) is 6.60. The number of esters is 1. The number of aryl methyl sites for hydroxylation is 1. The molecule has 0 N–H and O–H groups in total. The van der Waals surface area contributed by atoms with Crippen LogP contribution in [0.4, 0.5) is 0 Å². The third-order valence-electron chi connectivity index (χ3n) is 4.63. The van der Waals surface area contributed by atoms with E-state index in [0.717, 1.165) is 52.7 Å². The molecule has 4 nitrogen and oxygen atoms in total. The molecule has 0 saturated carbocycles. The van der Waals surface area contributed by atoms with E-state index in [-0.39, 0.29) is 5.97 Å². The van der Waals surface area contributed by atoms with Crippen molar-refractivity contribution in [2.24, 2.45) is 0 Å². The summed E-state index contributed by atoms with van der Waals surface area (Å²) >= 11 is 0. The lowest BCUT2D eigenvalue weighted by Gasteiger charge is -2.12. The van der Waals surface area contributed by atoms with Gasteiger partial charge in [-0.1, -0.05) is 38.0 Å². The summed E-state index contributed by atoms with van der Waals surface area (Å²) in [6, 6.07) is 15.4. The van der Waals surface area contributed by atoms with Gasteiger partial charge in [0.05, 0.1) is 30.5 Å². The Morgan fingerprint density at radius 2 is 1.85 bits per heavy atom. The van der Waals surface area contributed by atoms with E-state index in [4.69, 9.17) is 14.5 Å². The zero-order valence-corrected chi connectivity index (χ0v) is 16.1. The molecule has 1 heterocycles. The van der Waals surface area contributed by atoms with Crippen LogP contribution in [0.1, 0.15) is 42.1 Å². The summed E-state index contributed by atoms with van der Waals surface area (Å²) in [5.74, 6) is 0.491. The zero-order valence-electron chi connectivity index (χ0n) is 16.1. The van der Waals surface area contributed by atoms with Crippen molar-refractivity contribution in [3.05, 3.63) is 59.7 Å². The highest BCUT2D eigenvalue weighted by Gasteiger charge is 2.16. The van der Waals surface area contributed by atoms with Crippen LogP contribution in [0.15, 0.2) is 48.5 Å². The average Bonchev–Trinajstić information content (AvgIpc) is 2.71. The molecule has 27 heavy (non-hydrogen) atoms. The van der Waals surface area contributed by atoms with E-state index in [1.807, 2.05) is 55.5 Å². The van der Waals surface area contributed by atoms with Crippen LogP contribution < -0.4 is 4.74 Å². The second kappa shape index (κ2) is 8.67. The number of unbranched alkanes of at least 4 members (excludes halogenated alkanes) is 2. The summed E-state index contributed by atoms with van der Waals surface area (Å²) in [7, 11) is 1.64. The third-order valence-corrected chi connectivity index (χ3v) is 4.63.